The number of aryl methyl sites for hydroxylation is 1. The third kappa shape index (κ3) is 5.10. The second-order valence-electron chi connectivity index (χ2n) is 7.81. The SMILES string of the molecule is Cn1nc(-c2cccnc2)cc1CN1CCC(NC(=O)Cc2cccc(F)c2)CC1. The van der Waals surface area contributed by atoms with Crippen molar-refractivity contribution in [3.8, 4) is 11.3 Å². The number of halogens is 1. The Morgan fingerprint density at radius 2 is 2.03 bits per heavy atom. The van der Waals surface area contributed by atoms with Crippen LogP contribution in [0.15, 0.2) is 54.9 Å². The highest BCUT2D eigenvalue weighted by Gasteiger charge is 2.22. The molecule has 1 fully saturated rings. The molecule has 1 aromatic carbocycles. The second-order valence-corrected chi connectivity index (χ2v) is 7.81. The minimum atomic E-state index is -0.310. The average Bonchev–Trinajstić information content (AvgIpc) is 3.10. The number of amides is 1. The summed E-state index contributed by atoms with van der Waals surface area (Å²) < 4.78 is 15.2. The van der Waals surface area contributed by atoms with Crippen LogP contribution in [0.4, 0.5) is 4.39 Å². The van der Waals surface area contributed by atoms with Crippen molar-refractivity contribution in [1.29, 1.82) is 0 Å². The summed E-state index contributed by atoms with van der Waals surface area (Å²) in [5.74, 6) is -0.359. The van der Waals surface area contributed by atoms with Crippen LogP contribution in [-0.4, -0.2) is 44.7 Å². The van der Waals surface area contributed by atoms with Crippen LogP contribution in [-0.2, 0) is 24.8 Å². The lowest BCUT2D eigenvalue weighted by atomic mass is 10.0. The molecule has 2 aromatic heterocycles. The Morgan fingerprint density at radius 1 is 1.20 bits per heavy atom. The lowest BCUT2D eigenvalue weighted by molar-refractivity contribution is -0.121. The molecule has 3 heterocycles. The van der Waals surface area contributed by atoms with Crippen molar-refractivity contribution < 1.29 is 9.18 Å². The number of pyridine rings is 1. The molecule has 0 radical (unpaired) electrons. The third-order valence-electron chi connectivity index (χ3n) is 5.53. The first-order valence-electron chi connectivity index (χ1n) is 10.3. The van der Waals surface area contributed by atoms with Crippen LogP contribution in [0.25, 0.3) is 11.3 Å². The molecule has 1 saturated heterocycles. The molecule has 1 aliphatic heterocycles. The van der Waals surface area contributed by atoms with E-state index < -0.39 is 0 Å². The lowest BCUT2D eigenvalue weighted by Gasteiger charge is -2.32. The monoisotopic (exact) mass is 407 g/mol. The molecule has 0 spiro atoms. The van der Waals surface area contributed by atoms with Gasteiger partial charge in [-0.3, -0.25) is 19.4 Å². The van der Waals surface area contributed by atoms with Crippen molar-refractivity contribution >= 4 is 5.91 Å². The smallest absolute Gasteiger partial charge is 0.224 e. The summed E-state index contributed by atoms with van der Waals surface area (Å²) in [6.07, 6.45) is 5.60. The fraction of sp³-hybridized carbons (Fsp3) is 0.348. The number of aromatic nitrogens is 3. The zero-order chi connectivity index (χ0) is 20.9. The molecule has 7 heteroatoms. The molecule has 1 amide bonds. The molecule has 3 aromatic rings. The van der Waals surface area contributed by atoms with Gasteiger partial charge in [0, 0.05) is 50.7 Å². The van der Waals surface area contributed by atoms with E-state index in [1.165, 1.54) is 12.1 Å². The van der Waals surface area contributed by atoms with Gasteiger partial charge in [0.2, 0.25) is 5.91 Å². The number of hydrogen-bond acceptors (Lipinski definition) is 4. The minimum absolute atomic E-state index is 0.0493. The van der Waals surface area contributed by atoms with Gasteiger partial charge >= 0.3 is 0 Å². The van der Waals surface area contributed by atoms with Crippen LogP contribution in [0.2, 0.25) is 0 Å². The Bertz CT molecular complexity index is 996. The van der Waals surface area contributed by atoms with Crippen LogP contribution in [0.1, 0.15) is 24.1 Å². The molecule has 156 valence electrons. The molecule has 6 nitrogen and oxygen atoms in total. The Hall–Kier alpha value is -3.06. The summed E-state index contributed by atoms with van der Waals surface area (Å²) in [5.41, 5.74) is 3.80. The third-order valence-corrected chi connectivity index (χ3v) is 5.53. The number of rotatable bonds is 6. The van der Waals surface area contributed by atoms with E-state index >= 15 is 0 Å². The number of piperidine rings is 1. The van der Waals surface area contributed by atoms with Crippen LogP contribution in [0.5, 0.6) is 0 Å². The van der Waals surface area contributed by atoms with E-state index in [9.17, 15) is 9.18 Å². The summed E-state index contributed by atoms with van der Waals surface area (Å²) in [7, 11) is 1.97. The number of carbonyl (C=O) groups excluding carboxylic acids is 1. The van der Waals surface area contributed by atoms with Gasteiger partial charge in [-0.15, -0.1) is 0 Å². The molecule has 0 unspecified atom stereocenters. The Balaban J connectivity index is 1.27. The van der Waals surface area contributed by atoms with Crippen LogP contribution >= 0.6 is 0 Å². The Kier molecular flexibility index (Phi) is 6.18. The van der Waals surface area contributed by atoms with Gasteiger partial charge in [-0.05, 0) is 48.7 Å². The van der Waals surface area contributed by atoms with Crippen LogP contribution < -0.4 is 5.32 Å². The maximum atomic E-state index is 13.3. The van der Waals surface area contributed by atoms with Gasteiger partial charge in [0.25, 0.3) is 0 Å². The molecule has 4 rings (SSSR count). The molecule has 1 N–H and O–H groups in total. The standard InChI is InChI=1S/C23H26FN5O/c1-28-21(14-22(27-28)18-5-3-9-25-15-18)16-29-10-7-20(8-11-29)26-23(30)13-17-4-2-6-19(24)12-17/h2-6,9,12,14-15,20H,7-8,10-11,13,16H2,1H3,(H,26,30). The Morgan fingerprint density at radius 3 is 2.77 bits per heavy atom. The highest BCUT2D eigenvalue weighted by atomic mass is 19.1. The van der Waals surface area contributed by atoms with E-state index in [2.05, 4.69) is 26.4 Å². The molecular weight excluding hydrogens is 381 g/mol. The molecule has 0 atom stereocenters. The molecule has 1 aliphatic rings. The fourth-order valence-electron chi connectivity index (χ4n) is 3.88. The number of benzene rings is 1. The summed E-state index contributed by atoms with van der Waals surface area (Å²) in [5, 5.41) is 7.71. The van der Waals surface area contributed by atoms with E-state index in [4.69, 9.17) is 0 Å². The summed E-state index contributed by atoms with van der Waals surface area (Å²) in [4.78, 5) is 18.8. The maximum absolute atomic E-state index is 13.3. The van der Waals surface area contributed by atoms with Crippen molar-refractivity contribution in [2.45, 2.75) is 31.8 Å². The predicted octanol–water partition coefficient (Wildman–Crippen LogP) is 2.94. The molecule has 30 heavy (non-hydrogen) atoms. The summed E-state index contributed by atoms with van der Waals surface area (Å²) >= 11 is 0. The topological polar surface area (TPSA) is 63.1 Å². The van der Waals surface area contributed by atoms with E-state index in [1.54, 1.807) is 18.3 Å². The largest absolute Gasteiger partial charge is 0.353 e. The predicted molar refractivity (Wildman–Crippen MR) is 113 cm³/mol. The lowest BCUT2D eigenvalue weighted by Crippen LogP contribution is -2.44. The van der Waals surface area contributed by atoms with Gasteiger partial charge in [-0.2, -0.15) is 5.10 Å². The fourth-order valence-corrected chi connectivity index (χ4v) is 3.88. The molecule has 0 bridgehead atoms. The molecule has 0 saturated carbocycles. The minimum Gasteiger partial charge on any atom is -0.353 e. The van der Waals surface area contributed by atoms with E-state index in [-0.39, 0.29) is 24.2 Å². The van der Waals surface area contributed by atoms with Crippen LogP contribution in [0, 0.1) is 5.82 Å². The Labute approximate surface area is 175 Å². The second kappa shape index (κ2) is 9.17. The number of likely N-dealkylation sites (tertiary alicyclic amines) is 1. The highest BCUT2D eigenvalue weighted by molar-refractivity contribution is 5.78. The zero-order valence-electron chi connectivity index (χ0n) is 17.1. The van der Waals surface area contributed by atoms with Gasteiger partial charge in [-0.25, -0.2) is 4.39 Å². The first-order valence-corrected chi connectivity index (χ1v) is 10.3. The van der Waals surface area contributed by atoms with Gasteiger partial charge in [0.15, 0.2) is 0 Å². The van der Waals surface area contributed by atoms with Gasteiger partial charge < -0.3 is 5.32 Å². The van der Waals surface area contributed by atoms with Gasteiger partial charge in [0.1, 0.15) is 5.82 Å². The molecular formula is C23H26FN5O. The highest BCUT2D eigenvalue weighted by Crippen LogP contribution is 2.20. The summed E-state index contributed by atoms with van der Waals surface area (Å²) in [6, 6.07) is 12.4. The molecule has 0 aliphatic carbocycles. The van der Waals surface area contributed by atoms with Crippen LogP contribution in [0.3, 0.4) is 0 Å². The maximum Gasteiger partial charge on any atom is 0.224 e. The number of carbonyl (C=O) groups is 1. The number of nitrogens with zero attached hydrogens (tertiary/aromatic N) is 4. The van der Waals surface area contributed by atoms with Gasteiger partial charge in [0.05, 0.1) is 17.8 Å². The first-order chi connectivity index (χ1) is 14.6. The van der Waals surface area contributed by atoms with E-state index in [0.717, 1.165) is 49.4 Å². The zero-order valence-corrected chi connectivity index (χ0v) is 17.1. The summed E-state index contributed by atoms with van der Waals surface area (Å²) in [6.45, 7) is 2.66. The van der Waals surface area contributed by atoms with Crippen molar-refractivity contribution in [2.24, 2.45) is 7.05 Å². The van der Waals surface area contributed by atoms with E-state index in [0.29, 0.717) is 5.56 Å². The van der Waals surface area contributed by atoms with Crippen molar-refractivity contribution in [2.75, 3.05) is 13.1 Å². The number of nitrogens with one attached hydrogen (secondary N) is 1. The number of hydrogen-bond donors (Lipinski definition) is 1. The first kappa shape index (κ1) is 20.2. The quantitative estimate of drug-likeness (QED) is 0.683. The van der Waals surface area contributed by atoms with E-state index in [1.807, 2.05) is 30.1 Å². The van der Waals surface area contributed by atoms with Crippen molar-refractivity contribution in [3.05, 3.63) is 71.9 Å². The normalized spacial score (nSPS) is 15.3. The van der Waals surface area contributed by atoms with Crippen molar-refractivity contribution in [1.82, 2.24) is 25.0 Å². The van der Waals surface area contributed by atoms with Gasteiger partial charge in [-0.1, -0.05) is 12.1 Å². The van der Waals surface area contributed by atoms with Crippen molar-refractivity contribution in [3.63, 3.8) is 0 Å². The average molecular weight is 407 g/mol.